The first-order chi connectivity index (χ1) is 16.1. The van der Waals surface area contributed by atoms with Crippen molar-refractivity contribution < 1.29 is 27.9 Å². The van der Waals surface area contributed by atoms with Gasteiger partial charge in [-0.2, -0.15) is 0 Å². The van der Waals surface area contributed by atoms with E-state index in [-0.39, 0.29) is 12.3 Å². The van der Waals surface area contributed by atoms with Crippen molar-refractivity contribution in [3.05, 3.63) is 71.2 Å². The molecule has 0 saturated carbocycles. The summed E-state index contributed by atoms with van der Waals surface area (Å²) < 4.78 is 24.1. The summed E-state index contributed by atoms with van der Waals surface area (Å²) in [6, 6.07) is 12.1. The normalized spacial score (nSPS) is 11.2. The van der Waals surface area contributed by atoms with E-state index in [1.807, 2.05) is 6.92 Å². The van der Waals surface area contributed by atoms with Crippen LogP contribution in [-0.4, -0.2) is 35.1 Å². The second-order valence-electron chi connectivity index (χ2n) is 8.75. The van der Waals surface area contributed by atoms with Crippen LogP contribution in [0.25, 0.3) is 11.0 Å². The zero-order chi connectivity index (χ0) is 24.9. The molecule has 8 nitrogen and oxygen atoms in total. The average molecular weight is 470 g/mol. The molecule has 9 heteroatoms. The molecule has 0 unspecified atom stereocenters. The Bertz CT molecular complexity index is 1180. The van der Waals surface area contributed by atoms with Crippen LogP contribution in [0.5, 0.6) is 0 Å². The molecule has 2 aromatic carbocycles. The lowest BCUT2D eigenvalue weighted by molar-refractivity contribution is 0.0133. The third-order valence-electron chi connectivity index (χ3n) is 4.67. The van der Waals surface area contributed by atoms with E-state index in [0.29, 0.717) is 29.5 Å². The Kier molecular flexibility index (Phi) is 7.55. The van der Waals surface area contributed by atoms with Crippen molar-refractivity contribution in [2.24, 2.45) is 0 Å². The van der Waals surface area contributed by atoms with Crippen LogP contribution in [0.4, 0.5) is 9.18 Å². The third kappa shape index (κ3) is 6.57. The van der Waals surface area contributed by atoms with E-state index in [2.05, 4.69) is 10.7 Å². The maximum absolute atomic E-state index is 13.3. The molecule has 0 aliphatic rings. The minimum absolute atomic E-state index is 0.0785. The standard InChI is InChI=1S/C25H28FN3O5/c1-5-12-29(24(32)34-25(2,3)4)28-22(30)17-8-6-16(7-9-17)15-27-23(31)21-14-18-13-19(26)10-11-20(18)33-21/h6-11,13-14H,5,12,15H2,1-4H3,(H,27,31)(H,28,30). The van der Waals surface area contributed by atoms with Gasteiger partial charge in [0, 0.05) is 24.0 Å². The number of nitrogens with zero attached hydrogens (tertiary/aromatic N) is 1. The van der Waals surface area contributed by atoms with E-state index in [4.69, 9.17) is 9.15 Å². The molecule has 0 atom stereocenters. The lowest BCUT2D eigenvalue weighted by Crippen LogP contribution is -2.48. The van der Waals surface area contributed by atoms with Crippen molar-refractivity contribution in [3.8, 4) is 0 Å². The van der Waals surface area contributed by atoms with E-state index in [9.17, 15) is 18.8 Å². The number of hydrazine groups is 1. The van der Waals surface area contributed by atoms with Gasteiger partial charge in [0.1, 0.15) is 17.0 Å². The van der Waals surface area contributed by atoms with E-state index in [1.165, 1.54) is 24.3 Å². The van der Waals surface area contributed by atoms with Crippen molar-refractivity contribution in [1.82, 2.24) is 15.8 Å². The van der Waals surface area contributed by atoms with Gasteiger partial charge in [0.05, 0.1) is 0 Å². The Morgan fingerprint density at radius 3 is 2.38 bits per heavy atom. The van der Waals surface area contributed by atoms with Gasteiger partial charge in [-0.3, -0.25) is 15.0 Å². The second kappa shape index (κ2) is 10.4. The third-order valence-corrected chi connectivity index (χ3v) is 4.67. The number of halogens is 1. The molecule has 2 N–H and O–H groups in total. The Morgan fingerprint density at radius 2 is 1.74 bits per heavy atom. The summed E-state index contributed by atoms with van der Waals surface area (Å²) >= 11 is 0. The van der Waals surface area contributed by atoms with Crippen molar-refractivity contribution in [1.29, 1.82) is 0 Å². The molecule has 0 saturated heterocycles. The molecule has 0 bridgehead atoms. The molecule has 3 amide bonds. The van der Waals surface area contributed by atoms with Crippen molar-refractivity contribution in [2.75, 3.05) is 6.54 Å². The highest BCUT2D eigenvalue weighted by Crippen LogP contribution is 2.20. The molecule has 3 aromatic rings. The lowest BCUT2D eigenvalue weighted by atomic mass is 10.1. The molecule has 1 heterocycles. The first-order valence-electron chi connectivity index (χ1n) is 10.9. The Hall–Kier alpha value is -3.88. The minimum Gasteiger partial charge on any atom is -0.451 e. The number of ether oxygens (including phenoxy) is 1. The number of rotatable bonds is 6. The SMILES string of the molecule is CCCN(NC(=O)c1ccc(CNC(=O)c2cc3cc(F)ccc3o2)cc1)C(=O)OC(C)(C)C. The summed E-state index contributed by atoms with van der Waals surface area (Å²) in [5.41, 5.74) is 3.42. The van der Waals surface area contributed by atoms with Gasteiger partial charge in [-0.1, -0.05) is 19.1 Å². The zero-order valence-electron chi connectivity index (χ0n) is 19.6. The van der Waals surface area contributed by atoms with Gasteiger partial charge in [-0.25, -0.2) is 14.2 Å². The first kappa shape index (κ1) is 24.8. The molecule has 0 spiro atoms. The van der Waals surface area contributed by atoms with Gasteiger partial charge < -0.3 is 14.5 Å². The summed E-state index contributed by atoms with van der Waals surface area (Å²) in [4.78, 5) is 37.3. The number of amides is 3. The number of carbonyl (C=O) groups is 3. The molecule has 0 radical (unpaired) electrons. The Balaban J connectivity index is 1.58. The maximum Gasteiger partial charge on any atom is 0.429 e. The predicted molar refractivity (Wildman–Crippen MR) is 124 cm³/mol. The highest BCUT2D eigenvalue weighted by molar-refractivity contribution is 5.96. The number of furan rings is 1. The van der Waals surface area contributed by atoms with Crippen LogP contribution >= 0.6 is 0 Å². The number of nitrogens with one attached hydrogen (secondary N) is 2. The minimum atomic E-state index is -0.682. The molecule has 0 aliphatic heterocycles. The molecular formula is C25H28FN3O5. The van der Waals surface area contributed by atoms with Crippen LogP contribution in [-0.2, 0) is 11.3 Å². The maximum atomic E-state index is 13.3. The van der Waals surface area contributed by atoms with Crippen LogP contribution in [0.2, 0.25) is 0 Å². The summed E-state index contributed by atoms with van der Waals surface area (Å²) in [5.74, 6) is -1.22. The van der Waals surface area contributed by atoms with E-state index < -0.39 is 29.3 Å². The fourth-order valence-corrected chi connectivity index (χ4v) is 3.09. The van der Waals surface area contributed by atoms with Crippen molar-refractivity contribution in [3.63, 3.8) is 0 Å². The first-order valence-corrected chi connectivity index (χ1v) is 10.9. The lowest BCUT2D eigenvalue weighted by Gasteiger charge is -2.27. The van der Waals surface area contributed by atoms with Crippen molar-refractivity contribution in [2.45, 2.75) is 46.3 Å². The van der Waals surface area contributed by atoms with Crippen LogP contribution in [0.3, 0.4) is 0 Å². The summed E-state index contributed by atoms with van der Waals surface area (Å²) in [7, 11) is 0. The van der Waals surface area contributed by atoms with Crippen LogP contribution in [0, 0.1) is 5.82 Å². The topological polar surface area (TPSA) is 101 Å². The van der Waals surface area contributed by atoms with E-state index >= 15 is 0 Å². The number of benzene rings is 2. The number of hydrogen-bond donors (Lipinski definition) is 2. The smallest absolute Gasteiger partial charge is 0.429 e. The quantitative estimate of drug-likeness (QED) is 0.506. The highest BCUT2D eigenvalue weighted by atomic mass is 19.1. The second-order valence-corrected chi connectivity index (χ2v) is 8.75. The van der Waals surface area contributed by atoms with Gasteiger partial charge in [-0.15, -0.1) is 0 Å². The molecule has 180 valence electrons. The molecule has 1 aromatic heterocycles. The summed E-state index contributed by atoms with van der Waals surface area (Å²) in [6.45, 7) is 7.65. The van der Waals surface area contributed by atoms with Gasteiger partial charge in [0.25, 0.3) is 11.8 Å². The average Bonchev–Trinajstić information content (AvgIpc) is 3.19. The van der Waals surface area contributed by atoms with E-state index in [1.54, 1.807) is 45.0 Å². The molecule has 3 rings (SSSR count). The summed E-state index contributed by atoms with van der Waals surface area (Å²) in [6.07, 6.45) is 0.00793. The number of fused-ring (bicyclic) bond motifs is 1. The summed E-state index contributed by atoms with van der Waals surface area (Å²) in [5, 5.41) is 4.39. The van der Waals surface area contributed by atoms with Crippen LogP contribution in [0.15, 0.2) is 52.9 Å². The van der Waals surface area contributed by atoms with Crippen LogP contribution in [0.1, 0.15) is 60.6 Å². The number of carbonyl (C=O) groups excluding carboxylic acids is 3. The molecular weight excluding hydrogens is 441 g/mol. The molecule has 0 aliphatic carbocycles. The largest absolute Gasteiger partial charge is 0.451 e. The molecule has 34 heavy (non-hydrogen) atoms. The molecule has 0 fully saturated rings. The Labute approximate surface area is 197 Å². The predicted octanol–water partition coefficient (Wildman–Crippen LogP) is 4.79. The van der Waals surface area contributed by atoms with Gasteiger partial charge in [0.2, 0.25) is 0 Å². The van der Waals surface area contributed by atoms with Crippen LogP contribution < -0.4 is 10.7 Å². The fraction of sp³-hybridized carbons (Fsp3) is 0.320. The highest BCUT2D eigenvalue weighted by Gasteiger charge is 2.23. The Morgan fingerprint density at radius 1 is 1.03 bits per heavy atom. The van der Waals surface area contributed by atoms with E-state index in [0.717, 1.165) is 10.6 Å². The van der Waals surface area contributed by atoms with Gasteiger partial charge in [-0.05, 0) is 69.2 Å². The fourth-order valence-electron chi connectivity index (χ4n) is 3.09. The van der Waals surface area contributed by atoms with Gasteiger partial charge >= 0.3 is 6.09 Å². The van der Waals surface area contributed by atoms with Crippen molar-refractivity contribution >= 4 is 28.9 Å². The number of hydrogen-bond acceptors (Lipinski definition) is 5. The zero-order valence-corrected chi connectivity index (χ0v) is 19.6. The van der Waals surface area contributed by atoms with Gasteiger partial charge in [0.15, 0.2) is 5.76 Å². The monoisotopic (exact) mass is 469 g/mol.